The summed E-state index contributed by atoms with van der Waals surface area (Å²) in [6.07, 6.45) is 2.48. The Morgan fingerprint density at radius 1 is 1.21 bits per heavy atom. The predicted octanol–water partition coefficient (Wildman–Crippen LogP) is 3.15. The molecule has 0 saturated heterocycles. The van der Waals surface area contributed by atoms with E-state index < -0.39 is 0 Å². The quantitative estimate of drug-likeness (QED) is 0.698. The molecule has 0 heterocycles. The smallest absolute Gasteiger partial charge is 0.0615 e. The minimum atomic E-state index is 0.186. The van der Waals surface area contributed by atoms with Crippen LogP contribution in [-0.2, 0) is 4.74 Å². The Labute approximate surface area is 121 Å². The summed E-state index contributed by atoms with van der Waals surface area (Å²) in [5.41, 5.74) is 0.504. The van der Waals surface area contributed by atoms with Gasteiger partial charge in [0, 0.05) is 31.8 Å². The van der Waals surface area contributed by atoms with Crippen LogP contribution in [-0.4, -0.2) is 50.3 Å². The fourth-order valence-corrected chi connectivity index (χ4v) is 2.43. The number of nitrogens with zero attached hydrogens (tertiary/aromatic N) is 1. The molecule has 0 aromatic rings. The van der Waals surface area contributed by atoms with Crippen molar-refractivity contribution in [2.45, 2.75) is 66.0 Å². The highest BCUT2D eigenvalue weighted by Crippen LogP contribution is 2.25. The van der Waals surface area contributed by atoms with Crippen LogP contribution in [0.15, 0.2) is 0 Å². The maximum absolute atomic E-state index is 5.26. The van der Waals surface area contributed by atoms with Gasteiger partial charge >= 0.3 is 0 Å². The summed E-state index contributed by atoms with van der Waals surface area (Å²) < 4.78 is 5.26. The van der Waals surface area contributed by atoms with Crippen LogP contribution in [0.3, 0.4) is 0 Å². The van der Waals surface area contributed by atoms with E-state index in [1.165, 1.54) is 12.8 Å². The number of likely N-dealkylation sites (N-methyl/N-ethyl adjacent to an activating group) is 1. The molecule has 2 atom stereocenters. The second-order valence-corrected chi connectivity index (χ2v) is 7.38. The Morgan fingerprint density at radius 3 is 2.21 bits per heavy atom. The number of ether oxygens (including phenoxy) is 1. The molecule has 0 aliphatic heterocycles. The molecule has 0 fully saturated rings. The van der Waals surface area contributed by atoms with Crippen LogP contribution in [0.2, 0.25) is 0 Å². The monoisotopic (exact) mass is 272 g/mol. The number of hydrogen-bond donors (Lipinski definition) is 1. The van der Waals surface area contributed by atoms with Crippen molar-refractivity contribution in [3.05, 3.63) is 0 Å². The van der Waals surface area contributed by atoms with E-state index in [9.17, 15) is 0 Å². The lowest BCUT2D eigenvalue weighted by molar-refractivity contribution is 0.0792. The van der Waals surface area contributed by atoms with E-state index in [-0.39, 0.29) is 5.54 Å². The molecule has 0 saturated carbocycles. The van der Waals surface area contributed by atoms with E-state index >= 15 is 0 Å². The third-order valence-corrected chi connectivity index (χ3v) is 3.69. The molecule has 0 aromatic heterocycles. The Morgan fingerprint density at radius 2 is 1.79 bits per heavy atom. The molecule has 0 radical (unpaired) electrons. The summed E-state index contributed by atoms with van der Waals surface area (Å²) in [7, 11) is 3.98. The van der Waals surface area contributed by atoms with Crippen molar-refractivity contribution in [3.63, 3.8) is 0 Å². The van der Waals surface area contributed by atoms with Crippen LogP contribution in [0, 0.1) is 5.41 Å². The van der Waals surface area contributed by atoms with E-state index in [4.69, 9.17) is 4.74 Å². The maximum Gasteiger partial charge on any atom is 0.0615 e. The van der Waals surface area contributed by atoms with E-state index in [1.54, 1.807) is 7.11 Å². The van der Waals surface area contributed by atoms with Crippen molar-refractivity contribution in [1.82, 2.24) is 10.2 Å². The molecule has 0 aromatic carbocycles. The fourth-order valence-electron chi connectivity index (χ4n) is 2.43. The van der Waals surface area contributed by atoms with Crippen molar-refractivity contribution in [2.75, 3.05) is 33.9 Å². The van der Waals surface area contributed by atoms with E-state index in [1.807, 2.05) is 0 Å². The third kappa shape index (κ3) is 8.61. The first-order valence-corrected chi connectivity index (χ1v) is 7.58. The lowest BCUT2D eigenvalue weighted by Crippen LogP contribution is -2.48. The molecule has 2 unspecified atom stereocenters. The highest BCUT2D eigenvalue weighted by Gasteiger charge is 2.28. The summed E-state index contributed by atoms with van der Waals surface area (Å²) in [6, 6.07) is 0.468. The van der Waals surface area contributed by atoms with Crippen LogP contribution < -0.4 is 5.32 Å². The SMILES string of the molecule is CCCC(C)(CNC(C)(C)C)CN(C)C(C)COC. The third-order valence-electron chi connectivity index (χ3n) is 3.69. The van der Waals surface area contributed by atoms with Gasteiger partial charge in [0.2, 0.25) is 0 Å². The van der Waals surface area contributed by atoms with Gasteiger partial charge in [-0.2, -0.15) is 0 Å². The van der Waals surface area contributed by atoms with Gasteiger partial charge in [-0.15, -0.1) is 0 Å². The number of methoxy groups -OCH3 is 1. The van der Waals surface area contributed by atoms with Crippen molar-refractivity contribution in [3.8, 4) is 0 Å². The number of rotatable bonds is 9. The van der Waals surface area contributed by atoms with E-state index in [2.05, 4.69) is 58.8 Å². The summed E-state index contributed by atoms with van der Waals surface area (Å²) in [4.78, 5) is 2.42. The molecule has 0 rings (SSSR count). The van der Waals surface area contributed by atoms with Crippen molar-refractivity contribution in [2.24, 2.45) is 5.41 Å². The van der Waals surface area contributed by atoms with Crippen LogP contribution in [0.25, 0.3) is 0 Å². The number of nitrogens with one attached hydrogen (secondary N) is 1. The highest BCUT2D eigenvalue weighted by molar-refractivity contribution is 4.84. The average Bonchev–Trinajstić information content (AvgIpc) is 2.26. The average molecular weight is 272 g/mol. The van der Waals surface area contributed by atoms with Crippen LogP contribution in [0.1, 0.15) is 54.4 Å². The molecule has 3 heteroatoms. The Balaban J connectivity index is 4.51. The summed E-state index contributed by atoms with van der Waals surface area (Å²) >= 11 is 0. The largest absolute Gasteiger partial charge is 0.383 e. The lowest BCUT2D eigenvalue weighted by Gasteiger charge is -2.38. The van der Waals surface area contributed by atoms with E-state index in [0.29, 0.717) is 11.5 Å². The molecule has 0 aliphatic rings. The zero-order chi connectivity index (χ0) is 15.1. The zero-order valence-electron chi connectivity index (χ0n) is 14.5. The Kier molecular flexibility index (Phi) is 8.18. The fraction of sp³-hybridized carbons (Fsp3) is 1.00. The lowest BCUT2D eigenvalue weighted by atomic mass is 9.84. The predicted molar refractivity (Wildman–Crippen MR) is 84.7 cm³/mol. The van der Waals surface area contributed by atoms with Gasteiger partial charge in [0.15, 0.2) is 0 Å². The number of hydrogen-bond acceptors (Lipinski definition) is 3. The molecule has 0 bridgehead atoms. The van der Waals surface area contributed by atoms with Gasteiger partial charge in [-0.1, -0.05) is 20.3 Å². The summed E-state index contributed by atoms with van der Waals surface area (Å²) in [5.74, 6) is 0. The molecule has 0 amide bonds. The van der Waals surface area contributed by atoms with Crippen molar-refractivity contribution in [1.29, 1.82) is 0 Å². The molecular formula is C16H36N2O. The molecule has 19 heavy (non-hydrogen) atoms. The summed E-state index contributed by atoms with van der Waals surface area (Å²) in [6.45, 7) is 16.6. The standard InChI is InChI=1S/C16H36N2O/c1-9-10-16(6,12-17-15(3,4)5)13-18(7)14(2)11-19-8/h14,17H,9-13H2,1-8H3. The minimum Gasteiger partial charge on any atom is -0.383 e. The van der Waals surface area contributed by atoms with Gasteiger partial charge in [-0.25, -0.2) is 0 Å². The normalized spacial score (nSPS) is 17.5. The zero-order valence-corrected chi connectivity index (χ0v) is 14.5. The first-order valence-electron chi connectivity index (χ1n) is 7.58. The minimum absolute atomic E-state index is 0.186. The van der Waals surface area contributed by atoms with Crippen LogP contribution in [0.4, 0.5) is 0 Å². The van der Waals surface area contributed by atoms with Gasteiger partial charge in [-0.3, -0.25) is 0 Å². The van der Waals surface area contributed by atoms with Crippen LogP contribution in [0.5, 0.6) is 0 Å². The van der Waals surface area contributed by atoms with Gasteiger partial charge < -0.3 is 15.0 Å². The highest BCUT2D eigenvalue weighted by atomic mass is 16.5. The maximum atomic E-state index is 5.26. The van der Waals surface area contributed by atoms with Gasteiger partial charge in [-0.05, 0) is 46.6 Å². The first kappa shape index (κ1) is 18.9. The van der Waals surface area contributed by atoms with Gasteiger partial charge in [0.25, 0.3) is 0 Å². The Hall–Kier alpha value is -0.120. The first-order chi connectivity index (χ1) is 8.63. The van der Waals surface area contributed by atoms with Crippen molar-refractivity contribution >= 4 is 0 Å². The summed E-state index contributed by atoms with van der Waals surface area (Å²) in [5, 5.41) is 3.67. The van der Waals surface area contributed by atoms with Crippen molar-refractivity contribution < 1.29 is 4.74 Å². The molecule has 116 valence electrons. The second-order valence-electron chi connectivity index (χ2n) is 7.38. The van der Waals surface area contributed by atoms with Gasteiger partial charge in [0.1, 0.15) is 0 Å². The molecule has 3 nitrogen and oxygen atoms in total. The van der Waals surface area contributed by atoms with Gasteiger partial charge in [0.05, 0.1) is 6.61 Å². The molecular weight excluding hydrogens is 236 g/mol. The Bertz CT molecular complexity index is 237. The topological polar surface area (TPSA) is 24.5 Å². The molecule has 0 aliphatic carbocycles. The molecule has 1 N–H and O–H groups in total. The molecule has 0 spiro atoms. The van der Waals surface area contributed by atoms with Crippen LogP contribution >= 0.6 is 0 Å². The second kappa shape index (κ2) is 8.23. The van der Waals surface area contributed by atoms with E-state index in [0.717, 1.165) is 19.7 Å².